The number of nitrogens with zero attached hydrogens (tertiary/aromatic N) is 3. The second kappa shape index (κ2) is 11.3. The van der Waals surface area contributed by atoms with E-state index < -0.39 is 0 Å². The Morgan fingerprint density at radius 3 is 2.62 bits per heavy atom. The van der Waals surface area contributed by atoms with Crippen molar-refractivity contribution in [2.45, 2.75) is 33.3 Å². The van der Waals surface area contributed by atoms with Crippen molar-refractivity contribution >= 4 is 5.91 Å². The number of aryl methyl sites for hydroxylation is 2. The first kappa shape index (κ1) is 24.1. The zero-order chi connectivity index (χ0) is 23.1. The topological polar surface area (TPSA) is 80.1 Å². The molecule has 1 amide bonds. The predicted octanol–water partition coefficient (Wildman–Crippen LogP) is 2.88. The molecule has 2 heterocycles. The Morgan fingerprint density at radius 1 is 1.25 bits per heavy atom. The van der Waals surface area contributed by atoms with Crippen LogP contribution in [0.1, 0.15) is 40.2 Å². The molecular formula is C24H36N4O4. The third-order valence-electron chi connectivity index (χ3n) is 6.10. The Kier molecular flexibility index (Phi) is 8.53. The second-order valence-corrected chi connectivity index (χ2v) is 8.76. The number of rotatable bonds is 10. The van der Waals surface area contributed by atoms with Crippen molar-refractivity contribution in [1.82, 2.24) is 20.3 Å². The molecule has 1 fully saturated rings. The monoisotopic (exact) mass is 444 g/mol. The maximum absolute atomic E-state index is 12.7. The number of aromatic nitrogens is 1. The van der Waals surface area contributed by atoms with Crippen LogP contribution in [0.3, 0.4) is 0 Å². The van der Waals surface area contributed by atoms with Gasteiger partial charge in [0.05, 0.1) is 18.4 Å². The molecule has 176 valence electrons. The van der Waals surface area contributed by atoms with Crippen LogP contribution >= 0.6 is 0 Å². The van der Waals surface area contributed by atoms with Crippen molar-refractivity contribution in [3.63, 3.8) is 0 Å². The smallest absolute Gasteiger partial charge is 0.251 e. The lowest BCUT2D eigenvalue weighted by molar-refractivity contribution is 0.0934. The molecule has 0 bridgehead atoms. The minimum Gasteiger partial charge on any atom is -0.493 e. The van der Waals surface area contributed by atoms with Crippen LogP contribution in [-0.2, 0) is 6.61 Å². The van der Waals surface area contributed by atoms with E-state index >= 15 is 0 Å². The summed E-state index contributed by atoms with van der Waals surface area (Å²) in [5.74, 6) is 2.28. The number of carbonyl (C=O) groups excluding carboxylic acids is 1. The number of benzene rings is 1. The summed E-state index contributed by atoms with van der Waals surface area (Å²) in [4.78, 5) is 17.4. The Balaban J connectivity index is 1.49. The molecule has 0 atom stereocenters. The van der Waals surface area contributed by atoms with Gasteiger partial charge in [-0.1, -0.05) is 5.16 Å². The number of likely N-dealkylation sites (tertiary alicyclic amines) is 1. The number of likely N-dealkylation sites (N-methyl/N-ethyl adjacent to an activating group) is 1. The molecule has 1 aliphatic rings. The third kappa shape index (κ3) is 6.46. The SMILES string of the molecule is COc1cc(C(=O)NCC2CCN(CCN(C)C)CC2)ccc1OCc1c(C)noc1C. The first-order valence-electron chi connectivity index (χ1n) is 11.2. The highest BCUT2D eigenvalue weighted by atomic mass is 16.5. The molecule has 0 spiro atoms. The van der Waals surface area contributed by atoms with Gasteiger partial charge in [0, 0.05) is 25.2 Å². The van der Waals surface area contributed by atoms with Gasteiger partial charge in [-0.25, -0.2) is 0 Å². The van der Waals surface area contributed by atoms with Gasteiger partial charge < -0.3 is 29.1 Å². The van der Waals surface area contributed by atoms with Gasteiger partial charge in [0.25, 0.3) is 5.91 Å². The second-order valence-electron chi connectivity index (χ2n) is 8.76. The molecular weight excluding hydrogens is 408 g/mol. The van der Waals surface area contributed by atoms with Crippen LogP contribution in [-0.4, -0.2) is 74.8 Å². The highest BCUT2D eigenvalue weighted by Gasteiger charge is 2.20. The zero-order valence-corrected chi connectivity index (χ0v) is 19.9. The number of hydrogen-bond donors (Lipinski definition) is 1. The van der Waals surface area contributed by atoms with E-state index in [-0.39, 0.29) is 5.91 Å². The quantitative estimate of drug-likeness (QED) is 0.604. The van der Waals surface area contributed by atoms with Crippen molar-refractivity contribution in [2.24, 2.45) is 5.92 Å². The number of amides is 1. The number of ether oxygens (including phenoxy) is 2. The van der Waals surface area contributed by atoms with Crippen LogP contribution in [0, 0.1) is 19.8 Å². The van der Waals surface area contributed by atoms with Crippen molar-refractivity contribution in [2.75, 3.05) is 53.9 Å². The van der Waals surface area contributed by atoms with E-state index in [2.05, 4.69) is 34.4 Å². The van der Waals surface area contributed by atoms with Crippen LogP contribution < -0.4 is 14.8 Å². The van der Waals surface area contributed by atoms with Crippen molar-refractivity contribution in [1.29, 1.82) is 0 Å². The van der Waals surface area contributed by atoms with Gasteiger partial charge >= 0.3 is 0 Å². The summed E-state index contributed by atoms with van der Waals surface area (Å²) in [6.45, 7) is 9.16. The summed E-state index contributed by atoms with van der Waals surface area (Å²) in [5.41, 5.74) is 2.29. The van der Waals surface area contributed by atoms with Gasteiger partial charge in [-0.15, -0.1) is 0 Å². The van der Waals surface area contributed by atoms with E-state index in [1.54, 1.807) is 25.3 Å². The molecule has 1 aliphatic heterocycles. The number of carbonyl (C=O) groups is 1. The number of nitrogens with one attached hydrogen (secondary N) is 1. The van der Waals surface area contributed by atoms with E-state index in [4.69, 9.17) is 14.0 Å². The summed E-state index contributed by atoms with van der Waals surface area (Å²) >= 11 is 0. The van der Waals surface area contributed by atoms with Crippen LogP contribution in [0.4, 0.5) is 0 Å². The maximum atomic E-state index is 12.7. The van der Waals surface area contributed by atoms with Gasteiger partial charge in [0.15, 0.2) is 11.5 Å². The van der Waals surface area contributed by atoms with E-state index in [1.165, 1.54) is 0 Å². The fraction of sp³-hybridized carbons (Fsp3) is 0.583. The molecule has 3 rings (SSSR count). The summed E-state index contributed by atoms with van der Waals surface area (Å²) < 4.78 is 16.5. The molecule has 1 aromatic heterocycles. The lowest BCUT2D eigenvalue weighted by Gasteiger charge is -2.32. The minimum absolute atomic E-state index is 0.0874. The summed E-state index contributed by atoms with van der Waals surface area (Å²) in [6.07, 6.45) is 2.23. The molecule has 0 aliphatic carbocycles. The largest absolute Gasteiger partial charge is 0.493 e. The molecule has 32 heavy (non-hydrogen) atoms. The average molecular weight is 445 g/mol. The lowest BCUT2D eigenvalue weighted by Crippen LogP contribution is -2.41. The van der Waals surface area contributed by atoms with Gasteiger partial charge in [0.2, 0.25) is 0 Å². The van der Waals surface area contributed by atoms with E-state index in [0.29, 0.717) is 36.1 Å². The number of piperidine rings is 1. The van der Waals surface area contributed by atoms with E-state index in [1.807, 2.05) is 13.8 Å². The fourth-order valence-corrected chi connectivity index (χ4v) is 3.88. The van der Waals surface area contributed by atoms with Crippen molar-refractivity contribution in [3.05, 3.63) is 40.8 Å². The van der Waals surface area contributed by atoms with Crippen LogP contribution in [0.2, 0.25) is 0 Å². The molecule has 1 N–H and O–H groups in total. The van der Waals surface area contributed by atoms with Gasteiger partial charge in [-0.2, -0.15) is 0 Å². The zero-order valence-electron chi connectivity index (χ0n) is 19.9. The minimum atomic E-state index is -0.0874. The fourth-order valence-electron chi connectivity index (χ4n) is 3.88. The normalized spacial score (nSPS) is 15.2. The molecule has 1 saturated heterocycles. The van der Waals surface area contributed by atoms with Crippen LogP contribution in [0.25, 0.3) is 0 Å². The van der Waals surface area contributed by atoms with Crippen molar-refractivity contribution < 1.29 is 18.8 Å². The molecule has 0 unspecified atom stereocenters. The third-order valence-corrected chi connectivity index (χ3v) is 6.10. The average Bonchev–Trinajstić information content (AvgIpc) is 3.12. The van der Waals surface area contributed by atoms with Gasteiger partial charge in [-0.05, 0) is 78.0 Å². The van der Waals surface area contributed by atoms with Gasteiger partial charge in [-0.3, -0.25) is 4.79 Å². The Morgan fingerprint density at radius 2 is 2.00 bits per heavy atom. The summed E-state index contributed by atoms with van der Waals surface area (Å²) in [7, 11) is 5.79. The highest BCUT2D eigenvalue weighted by molar-refractivity contribution is 5.94. The lowest BCUT2D eigenvalue weighted by atomic mass is 9.96. The molecule has 0 saturated carbocycles. The number of methoxy groups -OCH3 is 1. The summed E-state index contributed by atoms with van der Waals surface area (Å²) in [6, 6.07) is 5.27. The first-order valence-corrected chi connectivity index (χ1v) is 11.2. The predicted molar refractivity (Wildman–Crippen MR) is 123 cm³/mol. The van der Waals surface area contributed by atoms with Gasteiger partial charge in [0.1, 0.15) is 12.4 Å². The van der Waals surface area contributed by atoms with E-state index in [9.17, 15) is 4.79 Å². The van der Waals surface area contributed by atoms with Crippen molar-refractivity contribution in [3.8, 4) is 11.5 Å². The molecule has 0 radical (unpaired) electrons. The standard InChI is InChI=1S/C24H36N4O4/c1-17-21(18(2)32-26-17)16-31-22-7-6-20(14-23(22)30-5)24(29)25-15-19-8-10-28(11-9-19)13-12-27(3)4/h6-7,14,19H,8-13,15-16H2,1-5H3,(H,25,29). The molecule has 8 heteroatoms. The molecule has 2 aromatic rings. The Bertz CT molecular complexity index is 869. The van der Waals surface area contributed by atoms with Crippen LogP contribution in [0.5, 0.6) is 11.5 Å². The number of hydrogen-bond acceptors (Lipinski definition) is 7. The Labute approximate surface area is 190 Å². The maximum Gasteiger partial charge on any atom is 0.251 e. The molecule has 8 nitrogen and oxygen atoms in total. The van der Waals surface area contributed by atoms with E-state index in [0.717, 1.165) is 56.0 Å². The first-order chi connectivity index (χ1) is 15.4. The highest BCUT2D eigenvalue weighted by Crippen LogP contribution is 2.29. The van der Waals surface area contributed by atoms with Crippen LogP contribution in [0.15, 0.2) is 22.7 Å². The summed E-state index contributed by atoms with van der Waals surface area (Å²) in [5, 5.41) is 7.03. The molecule has 1 aromatic carbocycles. The Hall–Kier alpha value is -2.58.